The molecule has 5 nitrogen and oxygen atoms in total. The Morgan fingerprint density at radius 3 is 2.57 bits per heavy atom. The van der Waals surface area contributed by atoms with E-state index in [1.165, 1.54) is 0 Å². The molecule has 1 heterocycles. The van der Waals surface area contributed by atoms with E-state index in [0.717, 1.165) is 12.3 Å². The van der Waals surface area contributed by atoms with E-state index in [1.54, 1.807) is 16.7 Å². The summed E-state index contributed by atoms with van der Waals surface area (Å²) in [5.74, 6) is 0. The van der Waals surface area contributed by atoms with Crippen LogP contribution < -0.4 is 0 Å². The summed E-state index contributed by atoms with van der Waals surface area (Å²) in [6, 6.07) is 4.43. The second kappa shape index (κ2) is 6.83. The summed E-state index contributed by atoms with van der Waals surface area (Å²) in [6.45, 7) is 7.54. The van der Waals surface area contributed by atoms with Crippen molar-refractivity contribution in [1.29, 1.82) is 0 Å². The Balaban J connectivity index is 2.37. The Hall–Kier alpha value is -0.413. The van der Waals surface area contributed by atoms with Gasteiger partial charge in [-0.2, -0.15) is 0 Å². The Bertz CT molecular complexity index is 831. The molecule has 1 aromatic carbocycles. The molecule has 0 atom stereocenters. The lowest BCUT2D eigenvalue weighted by atomic mass is 10.3. The summed E-state index contributed by atoms with van der Waals surface area (Å²) in [5.41, 5.74) is 1.21. The molecule has 0 bridgehead atoms. The van der Waals surface area contributed by atoms with Gasteiger partial charge in [-0.3, -0.25) is 4.57 Å². The first-order valence-electron chi connectivity index (χ1n) is 7.12. The molecule has 0 amide bonds. The summed E-state index contributed by atoms with van der Waals surface area (Å²) >= 11 is 9.46. The largest absolute Gasteiger partial charge is 0.361 e. The highest BCUT2D eigenvalue weighted by atomic mass is 79.9. The lowest BCUT2D eigenvalue weighted by Gasteiger charge is -2.16. The average molecular weight is 440 g/mol. The quantitative estimate of drug-likeness (QED) is 0.500. The monoisotopic (exact) mass is 438 g/mol. The lowest BCUT2D eigenvalue weighted by molar-refractivity contribution is 0.0838. The van der Waals surface area contributed by atoms with Crippen molar-refractivity contribution in [3.05, 3.63) is 21.6 Å². The summed E-state index contributed by atoms with van der Waals surface area (Å²) in [5, 5.41) is 0.496. The van der Waals surface area contributed by atoms with Crippen LogP contribution in [0.15, 0.2) is 21.8 Å². The van der Waals surface area contributed by atoms with Gasteiger partial charge in [-0.25, -0.2) is 13.4 Å². The molecule has 0 unspecified atom stereocenters. The smallest absolute Gasteiger partial charge is 0.230 e. The fraction of sp³-hybridized carbons (Fsp3) is 0.500. The number of nitrogens with zero attached hydrogens (tertiary/aromatic N) is 2. The van der Waals surface area contributed by atoms with Crippen LogP contribution in [0.1, 0.15) is 0 Å². The van der Waals surface area contributed by atoms with E-state index in [9.17, 15) is 8.42 Å². The van der Waals surface area contributed by atoms with Gasteiger partial charge in [-0.05, 0) is 34.1 Å². The number of aromatic nitrogens is 2. The van der Waals surface area contributed by atoms with E-state index in [-0.39, 0.29) is 11.9 Å². The predicted molar refractivity (Wildman–Crippen MR) is 99.7 cm³/mol. The summed E-state index contributed by atoms with van der Waals surface area (Å²) in [4.78, 5) is 4.23. The Morgan fingerprint density at radius 1 is 1.35 bits per heavy atom. The maximum Gasteiger partial charge on any atom is 0.230 e. The van der Waals surface area contributed by atoms with Crippen molar-refractivity contribution in [2.75, 3.05) is 12.9 Å². The first-order chi connectivity index (χ1) is 10.5. The summed E-state index contributed by atoms with van der Waals surface area (Å²) in [7, 11) is -4.66. The minimum Gasteiger partial charge on any atom is -0.361 e. The number of hydrogen-bond acceptors (Lipinski definition) is 4. The topological polar surface area (TPSA) is 61.2 Å². The number of rotatable bonds is 6. The van der Waals surface area contributed by atoms with Crippen LogP contribution in [-0.4, -0.2) is 38.9 Å². The van der Waals surface area contributed by atoms with Crippen molar-refractivity contribution in [2.45, 2.75) is 37.6 Å². The van der Waals surface area contributed by atoms with Crippen LogP contribution in [-0.2, 0) is 21.3 Å². The standard InChI is InChI=1S/C14H20BrClN2O3SSi/c1-22(19,20)14-17-12-7-10(15)11(16)8-13(12)18(14)9-21-5-6-23(2,3)4/h7-8H,5-6,9H2,1-4H3. The Morgan fingerprint density at radius 2 is 2.00 bits per heavy atom. The third-order valence-corrected chi connectivity index (χ3v) is 7.18. The number of hydrogen-bond donors (Lipinski definition) is 0. The first-order valence-corrected chi connectivity index (χ1v) is 13.9. The van der Waals surface area contributed by atoms with Gasteiger partial charge in [0, 0.05) is 25.4 Å². The molecular formula is C14H20BrClN2O3SSi. The van der Waals surface area contributed by atoms with E-state index in [4.69, 9.17) is 16.3 Å². The predicted octanol–water partition coefficient (Wildman–Crippen LogP) is 4.17. The number of ether oxygens (including phenoxy) is 1. The first kappa shape index (κ1) is 18.9. The SMILES string of the molecule is C[Si](C)(C)CCOCn1c(S(C)(=O)=O)nc2cc(Br)c(Cl)cc21. The van der Waals surface area contributed by atoms with Crippen molar-refractivity contribution in [1.82, 2.24) is 9.55 Å². The number of imidazole rings is 1. The van der Waals surface area contributed by atoms with Crippen molar-refractivity contribution in [3.8, 4) is 0 Å². The molecule has 2 rings (SSSR count). The minimum absolute atomic E-state index is 0.00493. The van der Waals surface area contributed by atoms with Crippen LogP contribution in [0, 0.1) is 0 Å². The van der Waals surface area contributed by atoms with Gasteiger partial charge in [0.2, 0.25) is 15.0 Å². The number of benzene rings is 1. The number of sulfone groups is 1. The highest BCUT2D eigenvalue weighted by Gasteiger charge is 2.21. The van der Waals surface area contributed by atoms with Gasteiger partial charge in [-0.15, -0.1) is 0 Å². The molecule has 0 radical (unpaired) electrons. The summed E-state index contributed by atoms with van der Waals surface area (Å²) in [6.07, 6.45) is 1.14. The van der Waals surface area contributed by atoms with Crippen LogP contribution in [0.4, 0.5) is 0 Å². The molecule has 0 saturated heterocycles. The zero-order valence-corrected chi connectivity index (χ0v) is 17.7. The van der Waals surface area contributed by atoms with Crippen molar-refractivity contribution >= 4 is 56.5 Å². The van der Waals surface area contributed by atoms with Gasteiger partial charge in [0.1, 0.15) is 6.73 Å². The molecular weight excluding hydrogens is 420 g/mol. The van der Waals surface area contributed by atoms with Crippen LogP contribution in [0.2, 0.25) is 30.7 Å². The van der Waals surface area contributed by atoms with E-state index in [0.29, 0.717) is 27.1 Å². The molecule has 0 N–H and O–H groups in total. The van der Waals surface area contributed by atoms with Gasteiger partial charge >= 0.3 is 0 Å². The fourth-order valence-electron chi connectivity index (χ4n) is 2.04. The fourth-order valence-corrected chi connectivity index (χ4v) is 4.10. The van der Waals surface area contributed by atoms with Gasteiger partial charge in [0.05, 0.1) is 16.1 Å². The number of fused-ring (bicyclic) bond motifs is 1. The molecule has 0 saturated carbocycles. The molecule has 0 aliphatic carbocycles. The zero-order chi connectivity index (χ0) is 17.4. The van der Waals surface area contributed by atoms with Gasteiger partial charge in [0.15, 0.2) is 0 Å². The second-order valence-corrected chi connectivity index (χ2v) is 15.5. The van der Waals surface area contributed by atoms with Crippen LogP contribution in [0.5, 0.6) is 0 Å². The van der Waals surface area contributed by atoms with Crippen molar-refractivity contribution < 1.29 is 13.2 Å². The van der Waals surface area contributed by atoms with E-state index >= 15 is 0 Å². The third-order valence-electron chi connectivity index (χ3n) is 3.30. The highest BCUT2D eigenvalue weighted by molar-refractivity contribution is 9.10. The second-order valence-electron chi connectivity index (χ2n) is 6.70. The van der Waals surface area contributed by atoms with Crippen molar-refractivity contribution in [3.63, 3.8) is 0 Å². The molecule has 9 heteroatoms. The summed E-state index contributed by atoms with van der Waals surface area (Å²) < 4.78 is 32.0. The zero-order valence-electron chi connectivity index (χ0n) is 13.6. The Kier molecular flexibility index (Phi) is 5.62. The van der Waals surface area contributed by atoms with Gasteiger partial charge in [-0.1, -0.05) is 31.2 Å². The lowest BCUT2D eigenvalue weighted by Crippen LogP contribution is -2.22. The molecule has 2 aromatic rings. The molecule has 0 aliphatic rings. The molecule has 0 spiro atoms. The van der Waals surface area contributed by atoms with Crippen molar-refractivity contribution in [2.24, 2.45) is 0 Å². The van der Waals surface area contributed by atoms with Gasteiger partial charge < -0.3 is 4.74 Å². The molecule has 0 aliphatic heterocycles. The molecule has 1 aromatic heterocycles. The van der Waals surface area contributed by atoms with Crippen LogP contribution in [0.3, 0.4) is 0 Å². The average Bonchev–Trinajstić information content (AvgIpc) is 2.72. The Labute approximate surface area is 151 Å². The molecule has 128 valence electrons. The number of halogens is 2. The van der Waals surface area contributed by atoms with Crippen LogP contribution in [0.25, 0.3) is 11.0 Å². The molecule has 23 heavy (non-hydrogen) atoms. The van der Waals surface area contributed by atoms with Gasteiger partial charge in [0.25, 0.3) is 0 Å². The maximum absolute atomic E-state index is 12.0. The third kappa shape index (κ3) is 4.79. The highest BCUT2D eigenvalue weighted by Crippen LogP contribution is 2.29. The maximum atomic E-state index is 12.0. The van der Waals surface area contributed by atoms with Crippen LogP contribution >= 0.6 is 27.5 Å². The normalized spacial score (nSPS) is 13.0. The van der Waals surface area contributed by atoms with E-state index < -0.39 is 17.9 Å². The van der Waals surface area contributed by atoms with E-state index in [1.807, 2.05) is 0 Å². The molecule has 0 fully saturated rings. The van der Waals surface area contributed by atoms with E-state index in [2.05, 4.69) is 40.6 Å². The minimum atomic E-state index is -3.46.